The Bertz CT molecular complexity index is 342. The fourth-order valence-corrected chi connectivity index (χ4v) is 3.95. The van der Waals surface area contributed by atoms with E-state index in [0.29, 0.717) is 0 Å². The molecule has 1 aromatic rings. The lowest BCUT2D eigenvalue weighted by Gasteiger charge is -2.30. The zero-order chi connectivity index (χ0) is 12.1. The number of rotatable bonds is 3. The first-order chi connectivity index (χ1) is 8.24. The van der Waals surface area contributed by atoms with E-state index >= 15 is 0 Å². The van der Waals surface area contributed by atoms with E-state index < -0.39 is 0 Å². The van der Waals surface area contributed by atoms with Gasteiger partial charge in [-0.05, 0) is 37.1 Å². The second-order valence-electron chi connectivity index (χ2n) is 4.86. The van der Waals surface area contributed by atoms with E-state index in [0.717, 1.165) is 11.6 Å². The second kappa shape index (κ2) is 6.12. The number of hydrogen-bond donors (Lipinski definition) is 1. The largest absolute Gasteiger partial charge is 0.329 e. The van der Waals surface area contributed by atoms with Crippen LogP contribution in [0.3, 0.4) is 0 Å². The third-order valence-corrected chi connectivity index (χ3v) is 5.30. The number of halogens is 1. The smallest absolute Gasteiger partial charge is 0.0406 e. The van der Waals surface area contributed by atoms with Gasteiger partial charge in [0.25, 0.3) is 0 Å². The van der Waals surface area contributed by atoms with Crippen LogP contribution < -0.4 is 5.73 Å². The first-order valence-electron chi connectivity index (χ1n) is 6.39. The molecule has 0 heterocycles. The Hall–Kier alpha value is -0.180. The van der Waals surface area contributed by atoms with Gasteiger partial charge in [-0.15, -0.1) is 11.8 Å². The van der Waals surface area contributed by atoms with E-state index in [2.05, 4.69) is 12.1 Å². The van der Waals surface area contributed by atoms with Gasteiger partial charge >= 0.3 is 0 Å². The maximum atomic E-state index is 6.04. The van der Waals surface area contributed by atoms with Crippen molar-refractivity contribution in [2.24, 2.45) is 5.73 Å². The fourth-order valence-electron chi connectivity index (χ4n) is 2.47. The predicted molar refractivity (Wildman–Crippen MR) is 76.8 cm³/mol. The number of benzene rings is 1. The summed E-state index contributed by atoms with van der Waals surface area (Å²) in [5.41, 5.74) is 6.04. The summed E-state index contributed by atoms with van der Waals surface area (Å²) in [6, 6.07) is 8.14. The molecule has 0 atom stereocenters. The molecule has 1 nitrogen and oxygen atoms in total. The molecule has 1 fully saturated rings. The minimum atomic E-state index is 0.254. The molecule has 94 valence electrons. The molecule has 0 unspecified atom stereocenters. The number of thioether (sulfide) groups is 1. The molecule has 17 heavy (non-hydrogen) atoms. The molecule has 3 heteroatoms. The standard InChI is InChI=1S/C14H20ClNS/c15-12-5-7-13(8-6-12)17-14(11-16)9-3-1-2-4-10-14/h5-8H,1-4,9-11,16H2. The van der Waals surface area contributed by atoms with Crippen LogP contribution in [0.5, 0.6) is 0 Å². The van der Waals surface area contributed by atoms with Gasteiger partial charge < -0.3 is 5.73 Å². The van der Waals surface area contributed by atoms with E-state index in [1.54, 1.807) is 0 Å². The Kier molecular flexibility index (Phi) is 4.78. The lowest BCUT2D eigenvalue weighted by molar-refractivity contribution is 0.521. The third-order valence-electron chi connectivity index (χ3n) is 3.53. The highest BCUT2D eigenvalue weighted by Crippen LogP contribution is 2.42. The molecule has 0 spiro atoms. The van der Waals surface area contributed by atoms with Crippen molar-refractivity contribution in [3.8, 4) is 0 Å². The quantitative estimate of drug-likeness (QED) is 0.819. The van der Waals surface area contributed by atoms with Crippen molar-refractivity contribution < 1.29 is 0 Å². The molecule has 2 rings (SSSR count). The van der Waals surface area contributed by atoms with Crippen molar-refractivity contribution >= 4 is 23.4 Å². The molecule has 0 aliphatic heterocycles. The Balaban J connectivity index is 2.09. The molecule has 1 aromatic carbocycles. The summed E-state index contributed by atoms with van der Waals surface area (Å²) in [6.07, 6.45) is 7.86. The minimum absolute atomic E-state index is 0.254. The van der Waals surface area contributed by atoms with E-state index in [4.69, 9.17) is 17.3 Å². The van der Waals surface area contributed by atoms with Crippen molar-refractivity contribution in [2.45, 2.75) is 48.2 Å². The molecule has 0 aromatic heterocycles. The molecule has 1 aliphatic carbocycles. The Labute approximate surface area is 113 Å². The van der Waals surface area contributed by atoms with Crippen LogP contribution in [0.2, 0.25) is 5.02 Å². The van der Waals surface area contributed by atoms with Crippen LogP contribution in [0.25, 0.3) is 0 Å². The predicted octanol–water partition coefficient (Wildman–Crippen LogP) is 4.48. The van der Waals surface area contributed by atoms with E-state index in [1.807, 2.05) is 23.9 Å². The van der Waals surface area contributed by atoms with Crippen molar-refractivity contribution in [2.75, 3.05) is 6.54 Å². The zero-order valence-electron chi connectivity index (χ0n) is 10.1. The molecular weight excluding hydrogens is 250 g/mol. The minimum Gasteiger partial charge on any atom is -0.329 e. The Morgan fingerprint density at radius 2 is 1.65 bits per heavy atom. The van der Waals surface area contributed by atoms with Gasteiger partial charge in [-0.3, -0.25) is 0 Å². The lowest BCUT2D eigenvalue weighted by Crippen LogP contribution is -2.33. The topological polar surface area (TPSA) is 26.0 Å². The van der Waals surface area contributed by atoms with Gasteiger partial charge in [0, 0.05) is 21.2 Å². The second-order valence-corrected chi connectivity index (χ2v) is 6.84. The molecule has 2 N–H and O–H groups in total. The van der Waals surface area contributed by atoms with Gasteiger partial charge in [0.1, 0.15) is 0 Å². The van der Waals surface area contributed by atoms with Crippen molar-refractivity contribution in [3.63, 3.8) is 0 Å². The van der Waals surface area contributed by atoms with Crippen molar-refractivity contribution in [1.29, 1.82) is 0 Å². The molecule has 0 amide bonds. The van der Waals surface area contributed by atoms with E-state index in [-0.39, 0.29) is 4.75 Å². The lowest BCUT2D eigenvalue weighted by atomic mass is 9.99. The van der Waals surface area contributed by atoms with Crippen LogP contribution in [0.4, 0.5) is 0 Å². The molecular formula is C14H20ClNS. The molecule has 0 saturated heterocycles. The first kappa shape index (κ1) is 13.3. The number of nitrogens with two attached hydrogens (primary N) is 1. The first-order valence-corrected chi connectivity index (χ1v) is 7.58. The van der Waals surface area contributed by atoms with Crippen molar-refractivity contribution in [3.05, 3.63) is 29.3 Å². The summed E-state index contributed by atoms with van der Waals surface area (Å²) >= 11 is 7.87. The SMILES string of the molecule is NCC1(Sc2ccc(Cl)cc2)CCCCCC1. The maximum Gasteiger partial charge on any atom is 0.0406 e. The van der Waals surface area contributed by atoms with Gasteiger partial charge in [-0.2, -0.15) is 0 Å². The van der Waals surface area contributed by atoms with Crippen LogP contribution >= 0.6 is 23.4 Å². The van der Waals surface area contributed by atoms with Gasteiger partial charge in [-0.25, -0.2) is 0 Å². The Morgan fingerprint density at radius 1 is 1.06 bits per heavy atom. The van der Waals surface area contributed by atoms with Gasteiger partial charge in [0.2, 0.25) is 0 Å². The summed E-state index contributed by atoms with van der Waals surface area (Å²) < 4.78 is 0.254. The number of hydrogen-bond acceptors (Lipinski definition) is 2. The monoisotopic (exact) mass is 269 g/mol. The van der Waals surface area contributed by atoms with Crippen LogP contribution in [0.15, 0.2) is 29.2 Å². The summed E-state index contributed by atoms with van der Waals surface area (Å²) in [5.74, 6) is 0. The van der Waals surface area contributed by atoms with Gasteiger partial charge in [-0.1, -0.05) is 37.3 Å². The van der Waals surface area contributed by atoms with E-state index in [1.165, 1.54) is 43.4 Å². The normalized spacial score (nSPS) is 19.9. The summed E-state index contributed by atoms with van der Waals surface area (Å²) in [5, 5.41) is 0.803. The highest BCUT2D eigenvalue weighted by Gasteiger charge is 2.30. The zero-order valence-corrected chi connectivity index (χ0v) is 11.7. The average molecular weight is 270 g/mol. The van der Waals surface area contributed by atoms with Crippen LogP contribution in [-0.4, -0.2) is 11.3 Å². The van der Waals surface area contributed by atoms with Gasteiger partial charge in [0.05, 0.1) is 0 Å². The Morgan fingerprint density at radius 3 is 2.18 bits per heavy atom. The molecule has 1 saturated carbocycles. The fraction of sp³-hybridized carbons (Fsp3) is 0.571. The van der Waals surface area contributed by atoms with Crippen LogP contribution in [0, 0.1) is 0 Å². The highest BCUT2D eigenvalue weighted by atomic mass is 35.5. The molecule has 0 bridgehead atoms. The van der Waals surface area contributed by atoms with Crippen molar-refractivity contribution in [1.82, 2.24) is 0 Å². The maximum absolute atomic E-state index is 6.04. The van der Waals surface area contributed by atoms with Crippen LogP contribution in [-0.2, 0) is 0 Å². The molecule has 1 aliphatic rings. The summed E-state index contributed by atoms with van der Waals surface area (Å²) in [7, 11) is 0. The third kappa shape index (κ3) is 3.64. The van der Waals surface area contributed by atoms with Gasteiger partial charge in [0.15, 0.2) is 0 Å². The summed E-state index contributed by atoms with van der Waals surface area (Å²) in [4.78, 5) is 1.29. The van der Waals surface area contributed by atoms with Crippen LogP contribution in [0.1, 0.15) is 38.5 Å². The molecule has 0 radical (unpaired) electrons. The average Bonchev–Trinajstić information content (AvgIpc) is 2.58. The van der Waals surface area contributed by atoms with E-state index in [9.17, 15) is 0 Å². The highest BCUT2D eigenvalue weighted by molar-refractivity contribution is 8.00. The summed E-state index contributed by atoms with van der Waals surface area (Å²) in [6.45, 7) is 0.778.